The first-order valence-electron chi connectivity index (χ1n) is 5.49. The number of hydrogen-bond donors (Lipinski definition) is 1. The quantitative estimate of drug-likeness (QED) is 0.611. The molecule has 0 fully saturated rings. The van der Waals surface area contributed by atoms with Crippen molar-refractivity contribution >= 4 is 54.5 Å². The van der Waals surface area contributed by atoms with Crippen molar-refractivity contribution in [3.8, 4) is 5.75 Å². The van der Waals surface area contributed by atoms with Gasteiger partial charge in [0.1, 0.15) is 11.9 Å². The van der Waals surface area contributed by atoms with E-state index in [0.717, 1.165) is 23.6 Å². The Bertz CT molecular complexity index is 602. The first-order valence-corrected chi connectivity index (χ1v) is 8.16. The molecule has 0 aliphatic rings. The summed E-state index contributed by atoms with van der Waals surface area (Å²) in [5.41, 5.74) is 1.60. The van der Waals surface area contributed by atoms with Gasteiger partial charge in [0.15, 0.2) is 0 Å². The second-order valence-corrected chi connectivity index (χ2v) is 6.95. The number of halogens is 3. The van der Waals surface area contributed by atoms with E-state index in [-0.39, 0.29) is 0 Å². The zero-order chi connectivity index (χ0) is 14.0. The third kappa shape index (κ3) is 3.51. The Morgan fingerprint density at radius 1 is 1.05 bits per heavy atom. The van der Waals surface area contributed by atoms with Gasteiger partial charge in [-0.2, -0.15) is 0 Å². The molecule has 0 heterocycles. The number of aliphatic hydroxyl groups excluding tert-OH is 1. The summed E-state index contributed by atoms with van der Waals surface area (Å²) in [6.45, 7) is 0. The van der Waals surface area contributed by atoms with Gasteiger partial charge in [-0.1, -0.05) is 31.9 Å². The van der Waals surface area contributed by atoms with E-state index in [4.69, 9.17) is 4.74 Å². The lowest BCUT2D eigenvalue weighted by molar-refractivity contribution is 0.213. The van der Waals surface area contributed by atoms with Crippen LogP contribution in [0, 0.1) is 3.57 Å². The van der Waals surface area contributed by atoms with Gasteiger partial charge in [0, 0.05) is 18.1 Å². The molecule has 0 bridgehead atoms. The van der Waals surface area contributed by atoms with Crippen molar-refractivity contribution < 1.29 is 9.84 Å². The smallest absolute Gasteiger partial charge is 0.125 e. The highest BCUT2D eigenvalue weighted by molar-refractivity contribution is 14.1. The van der Waals surface area contributed by atoms with E-state index in [0.29, 0.717) is 5.75 Å². The van der Waals surface area contributed by atoms with Crippen molar-refractivity contribution in [3.05, 3.63) is 60.0 Å². The molecule has 0 radical (unpaired) electrons. The Hall–Kier alpha value is -0.110. The van der Waals surface area contributed by atoms with Gasteiger partial charge in [-0.05, 0) is 64.6 Å². The van der Waals surface area contributed by atoms with Crippen LogP contribution in [-0.4, -0.2) is 12.2 Å². The Labute approximate surface area is 142 Å². The molecule has 100 valence electrons. The molecule has 0 aliphatic heterocycles. The number of hydrogen-bond acceptors (Lipinski definition) is 2. The van der Waals surface area contributed by atoms with Gasteiger partial charge in [-0.15, -0.1) is 0 Å². The lowest BCUT2D eigenvalue weighted by Gasteiger charge is -2.17. The molecule has 19 heavy (non-hydrogen) atoms. The molecular weight excluding hydrogens is 487 g/mol. The number of benzene rings is 2. The molecule has 0 saturated heterocycles. The molecule has 5 heteroatoms. The fraction of sp³-hybridized carbons (Fsp3) is 0.143. The SMILES string of the molecule is COc1ccc(Br)cc1C(O)c1cc(Br)ccc1I. The normalized spacial score (nSPS) is 12.3. The van der Waals surface area contributed by atoms with Gasteiger partial charge >= 0.3 is 0 Å². The highest BCUT2D eigenvalue weighted by atomic mass is 127. The minimum atomic E-state index is -0.725. The van der Waals surface area contributed by atoms with Crippen molar-refractivity contribution in [2.24, 2.45) is 0 Å². The molecule has 1 N–H and O–H groups in total. The number of methoxy groups -OCH3 is 1. The summed E-state index contributed by atoms with van der Waals surface area (Å²) >= 11 is 9.07. The van der Waals surface area contributed by atoms with Gasteiger partial charge in [0.05, 0.1) is 7.11 Å². The monoisotopic (exact) mass is 496 g/mol. The van der Waals surface area contributed by atoms with Crippen LogP contribution in [0.5, 0.6) is 5.75 Å². The van der Waals surface area contributed by atoms with Gasteiger partial charge in [0.25, 0.3) is 0 Å². The Morgan fingerprint density at radius 2 is 1.63 bits per heavy atom. The van der Waals surface area contributed by atoms with Crippen LogP contribution in [0.25, 0.3) is 0 Å². The average molecular weight is 498 g/mol. The predicted molar refractivity (Wildman–Crippen MR) is 91.6 cm³/mol. The first kappa shape index (κ1) is 15.3. The molecule has 0 spiro atoms. The summed E-state index contributed by atoms with van der Waals surface area (Å²) < 4.78 is 8.18. The fourth-order valence-corrected chi connectivity index (χ4v) is 3.20. The maximum atomic E-state index is 10.6. The highest BCUT2D eigenvalue weighted by Gasteiger charge is 2.18. The van der Waals surface area contributed by atoms with Crippen LogP contribution in [0.2, 0.25) is 0 Å². The van der Waals surface area contributed by atoms with Gasteiger partial charge in [-0.3, -0.25) is 0 Å². The summed E-state index contributed by atoms with van der Waals surface area (Å²) in [5, 5.41) is 10.6. The minimum Gasteiger partial charge on any atom is -0.496 e. The van der Waals surface area contributed by atoms with E-state index >= 15 is 0 Å². The number of aliphatic hydroxyl groups is 1. The Kier molecular flexibility index (Phi) is 5.28. The zero-order valence-corrected chi connectivity index (χ0v) is 15.4. The molecule has 0 amide bonds. The van der Waals surface area contributed by atoms with E-state index in [1.165, 1.54) is 0 Å². The van der Waals surface area contributed by atoms with Crippen LogP contribution in [-0.2, 0) is 0 Å². The fourth-order valence-electron chi connectivity index (χ4n) is 1.81. The third-order valence-corrected chi connectivity index (χ3v) is 4.71. The van der Waals surface area contributed by atoms with E-state index in [2.05, 4.69) is 54.5 Å². The lowest BCUT2D eigenvalue weighted by Crippen LogP contribution is -2.04. The Morgan fingerprint density at radius 3 is 2.26 bits per heavy atom. The van der Waals surface area contributed by atoms with E-state index in [1.54, 1.807) is 7.11 Å². The van der Waals surface area contributed by atoms with Gasteiger partial charge in [0.2, 0.25) is 0 Å². The van der Waals surface area contributed by atoms with Crippen LogP contribution in [0.3, 0.4) is 0 Å². The molecule has 1 atom stereocenters. The molecule has 2 aromatic rings. The van der Waals surface area contributed by atoms with Gasteiger partial charge in [-0.25, -0.2) is 0 Å². The lowest BCUT2D eigenvalue weighted by atomic mass is 10.0. The van der Waals surface area contributed by atoms with Crippen LogP contribution >= 0.6 is 54.5 Å². The second-order valence-electron chi connectivity index (χ2n) is 3.95. The van der Waals surface area contributed by atoms with Crippen molar-refractivity contribution in [2.75, 3.05) is 7.11 Å². The predicted octanol–water partition coefficient (Wildman–Crippen LogP) is 4.91. The number of rotatable bonds is 3. The van der Waals surface area contributed by atoms with Crippen LogP contribution in [0.1, 0.15) is 17.2 Å². The zero-order valence-electron chi connectivity index (χ0n) is 10.0. The molecular formula is C14H11Br2IO2. The third-order valence-electron chi connectivity index (χ3n) is 2.74. The summed E-state index contributed by atoms with van der Waals surface area (Å²) in [4.78, 5) is 0. The van der Waals surface area contributed by atoms with Crippen molar-refractivity contribution in [3.63, 3.8) is 0 Å². The minimum absolute atomic E-state index is 0.673. The highest BCUT2D eigenvalue weighted by Crippen LogP contribution is 2.35. The van der Waals surface area contributed by atoms with Crippen LogP contribution < -0.4 is 4.74 Å². The first-order chi connectivity index (χ1) is 9.02. The largest absolute Gasteiger partial charge is 0.496 e. The molecule has 2 nitrogen and oxygen atoms in total. The van der Waals surface area contributed by atoms with E-state index in [1.807, 2.05) is 36.4 Å². The summed E-state index contributed by atoms with van der Waals surface area (Å²) in [7, 11) is 1.60. The molecule has 0 saturated carbocycles. The molecule has 2 aromatic carbocycles. The van der Waals surface area contributed by atoms with Crippen molar-refractivity contribution in [2.45, 2.75) is 6.10 Å². The molecule has 2 rings (SSSR count). The molecule has 1 unspecified atom stereocenters. The van der Waals surface area contributed by atoms with Crippen LogP contribution in [0.15, 0.2) is 45.3 Å². The van der Waals surface area contributed by atoms with Crippen molar-refractivity contribution in [1.82, 2.24) is 0 Å². The van der Waals surface area contributed by atoms with E-state index < -0.39 is 6.10 Å². The van der Waals surface area contributed by atoms with E-state index in [9.17, 15) is 5.11 Å². The maximum absolute atomic E-state index is 10.6. The number of ether oxygens (including phenoxy) is 1. The maximum Gasteiger partial charge on any atom is 0.125 e. The second kappa shape index (κ2) is 6.56. The van der Waals surface area contributed by atoms with Gasteiger partial charge < -0.3 is 9.84 Å². The average Bonchev–Trinajstić information content (AvgIpc) is 2.40. The van der Waals surface area contributed by atoms with Crippen LogP contribution in [0.4, 0.5) is 0 Å². The summed E-state index contributed by atoms with van der Waals surface area (Å²) in [6.07, 6.45) is -0.725. The van der Waals surface area contributed by atoms with Crippen molar-refractivity contribution in [1.29, 1.82) is 0 Å². The standard InChI is InChI=1S/C14H11Br2IO2/c1-19-13-5-3-9(16)7-11(13)14(18)10-6-8(15)2-4-12(10)17/h2-7,14,18H,1H3. The summed E-state index contributed by atoms with van der Waals surface area (Å²) in [5.74, 6) is 0.673. The molecule has 0 aliphatic carbocycles. The Balaban J connectivity index is 2.51. The molecule has 0 aromatic heterocycles. The topological polar surface area (TPSA) is 29.5 Å². The summed E-state index contributed by atoms with van der Waals surface area (Å²) in [6, 6.07) is 11.4.